The Morgan fingerprint density at radius 1 is 1.35 bits per heavy atom. The average Bonchev–Trinajstić information content (AvgIpc) is 2.37. The molecule has 2 nitrogen and oxygen atoms in total. The molecule has 1 fully saturated rings. The Kier molecular flexibility index (Phi) is 4.89. The second kappa shape index (κ2) is 6.43. The number of benzene rings is 1. The molecule has 0 bridgehead atoms. The summed E-state index contributed by atoms with van der Waals surface area (Å²) in [4.78, 5) is 0. The summed E-state index contributed by atoms with van der Waals surface area (Å²) in [5.41, 5.74) is 4.45. The maximum Gasteiger partial charge on any atom is 0.0333 e. The predicted octanol–water partition coefficient (Wildman–Crippen LogP) is 2.83. The van der Waals surface area contributed by atoms with E-state index in [1.807, 2.05) is 7.05 Å². The van der Waals surface area contributed by atoms with E-state index in [9.17, 15) is 0 Å². The summed E-state index contributed by atoms with van der Waals surface area (Å²) in [6.07, 6.45) is 2.56. The lowest BCUT2D eigenvalue weighted by Crippen LogP contribution is -2.27. The fraction of sp³-hybridized carbons (Fsp3) is 0.571. The van der Waals surface area contributed by atoms with Gasteiger partial charge in [0.25, 0.3) is 0 Å². The third-order valence-corrected chi connectivity index (χ3v) is 4.19. The van der Waals surface area contributed by atoms with Crippen molar-refractivity contribution in [3.63, 3.8) is 0 Å². The Bertz CT molecular complexity index is 359. The Hall–Kier alpha value is -0.510. The molecule has 0 amide bonds. The van der Waals surface area contributed by atoms with Gasteiger partial charge in [-0.1, -0.05) is 35.7 Å². The highest BCUT2D eigenvalue weighted by Gasteiger charge is 2.17. The van der Waals surface area contributed by atoms with E-state index in [0.29, 0.717) is 0 Å². The van der Waals surface area contributed by atoms with Crippen molar-refractivity contribution in [1.82, 2.24) is 10.0 Å². The summed E-state index contributed by atoms with van der Waals surface area (Å²) in [7, 11) is 1.99. The molecule has 1 aromatic carbocycles. The zero-order valence-electron chi connectivity index (χ0n) is 10.8. The summed E-state index contributed by atoms with van der Waals surface area (Å²) in [5.74, 6) is 1.82. The Balaban J connectivity index is 2.18. The monoisotopic (exact) mass is 250 g/mol. The highest BCUT2D eigenvalue weighted by molar-refractivity contribution is 7.96. The van der Waals surface area contributed by atoms with E-state index in [0.717, 1.165) is 24.8 Å². The summed E-state index contributed by atoms with van der Waals surface area (Å²) in [6.45, 7) is 4.51. The van der Waals surface area contributed by atoms with Gasteiger partial charge in [0, 0.05) is 5.75 Å². The van der Waals surface area contributed by atoms with Crippen molar-refractivity contribution in [3.05, 3.63) is 34.9 Å². The van der Waals surface area contributed by atoms with E-state index in [4.69, 9.17) is 0 Å². The van der Waals surface area contributed by atoms with Crippen molar-refractivity contribution in [1.29, 1.82) is 0 Å². The van der Waals surface area contributed by atoms with Crippen LogP contribution in [0.2, 0.25) is 0 Å². The molecule has 0 spiro atoms. The first-order valence-corrected chi connectivity index (χ1v) is 7.38. The van der Waals surface area contributed by atoms with Crippen LogP contribution < -0.4 is 10.0 Å². The van der Waals surface area contributed by atoms with Crippen LogP contribution >= 0.6 is 11.9 Å². The molecule has 2 N–H and O–H groups in total. The van der Waals surface area contributed by atoms with Gasteiger partial charge in [0.2, 0.25) is 0 Å². The third-order valence-electron chi connectivity index (χ3n) is 3.45. The van der Waals surface area contributed by atoms with Crippen LogP contribution in [0.25, 0.3) is 0 Å². The molecule has 0 unspecified atom stereocenters. The van der Waals surface area contributed by atoms with Gasteiger partial charge in [0.1, 0.15) is 0 Å². The fourth-order valence-corrected chi connectivity index (χ4v) is 3.09. The Morgan fingerprint density at radius 2 is 2.12 bits per heavy atom. The summed E-state index contributed by atoms with van der Waals surface area (Å²) in [6, 6.07) is 6.95. The lowest BCUT2D eigenvalue weighted by molar-refractivity contribution is 0.459. The molecule has 1 aliphatic heterocycles. The topological polar surface area (TPSA) is 24.1 Å². The van der Waals surface area contributed by atoms with Crippen molar-refractivity contribution < 1.29 is 0 Å². The van der Waals surface area contributed by atoms with Crippen LogP contribution in [0.5, 0.6) is 0 Å². The molecule has 3 heteroatoms. The third kappa shape index (κ3) is 3.47. The molecule has 0 atom stereocenters. The van der Waals surface area contributed by atoms with Crippen LogP contribution in [-0.4, -0.2) is 20.1 Å². The van der Waals surface area contributed by atoms with Crippen molar-refractivity contribution in [3.8, 4) is 0 Å². The SMILES string of the molecule is CNSCc1cc(C)ccc1C1CCNCC1. The minimum absolute atomic E-state index is 0.754. The summed E-state index contributed by atoms with van der Waals surface area (Å²) < 4.78 is 3.17. The van der Waals surface area contributed by atoms with Gasteiger partial charge in [0.05, 0.1) is 0 Å². The summed E-state index contributed by atoms with van der Waals surface area (Å²) in [5, 5.41) is 3.44. The first kappa shape index (κ1) is 12.9. The highest BCUT2D eigenvalue weighted by atomic mass is 32.2. The van der Waals surface area contributed by atoms with Crippen molar-refractivity contribution in [2.75, 3.05) is 20.1 Å². The van der Waals surface area contributed by atoms with Crippen LogP contribution in [0.1, 0.15) is 35.4 Å². The molecule has 1 aliphatic rings. The molecule has 1 heterocycles. The first-order valence-electron chi connectivity index (χ1n) is 6.40. The van der Waals surface area contributed by atoms with Gasteiger partial charge in [-0.3, -0.25) is 4.72 Å². The van der Waals surface area contributed by atoms with Gasteiger partial charge in [-0.25, -0.2) is 0 Å². The standard InChI is InChI=1S/C14H22N2S/c1-11-3-4-14(12-5-7-16-8-6-12)13(9-11)10-17-15-2/h3-4,9,12,15-16H,5-8,10H2,1-2H3. The molecule has 1 saturated heterocycles. The lowest BCUT2D eigenvalue weighted by Gasteiger charge is -2.25. The number of nitrogens with one attached hydrogen (secondary N) is 2. The fourth-order valence-electron chi connectivity index (χ4n) is 2.54. The van der Waals surface area contributed by atoms with E-state index in [1.165, 1.54) is 24.0 Å². The van der Waals surface area contributed by atoms with E-state index in [-0.39, 0.29) is 0 Å². The molecule has 0 saturated carbocycles. The van der Waals surface area contributed by atoms with E-state index >= 15 is 0 Å². The smallest absolute Gasteiger partial charge is 0.0333 e. The maximum atomic E-state index is 3.44. The van der Waals surface area contributed by atoms with E-state index < -0.39 is 0 Å². The van der Waals surface area contributed by atoms with Crippen LogP contribution in [0.15, 0.2) is 18.2 Å². The number of hydrogen-bond donors (Lipinski definition) is 2. The molecule has 2 rings (SSSR count). The zero-order valence-corrected chi connectivity index (χ0v) is 11.6. The van der Waals surface area contributed by atoms with Gasteiger partial charge in [0.15, 0.2) is 0 Å². The summed E-state index contributed by atoms with van der Waals surface area (Å²) >= 11 is 1.78. The first-order chi connectivity index (χ1) is 8.31. The van der Waals surface area contributed by atoms with Gasteiger partial charge < -0.3 is 5.32 Å². The Morgan fingerprint density at radius 3 is 2.82 bits per heavy atom. The van der Waals surface area contributed by atoms with Crippen molar-refractivity contribution in [2.24, 2.45) is 0 Å². The van der Waals surface area contributed by atoms with Crippen LogP contribution in [0.3, 0.4) is 0 Å². The molecular weight excluding hydrogens is 228 g/mol. The lowest BCUT2D eigenvalue weighted by atomic mass is 9.87. The second-order valence-corrected chi connectivity index (χ2v) is 5.70. The largest absolute Gasteiger partial charge is 0.317 e. The van der Waals surface area contributed by atoms with Crippen molar-refractivity contribution in [2.45, 2.75) is 31.4 Å². The number of hydrogen-bond acceptors (Lipinski definition) is 3. The average molecular weight is 250 g/mol. The van der Waals surface area contributed by atoms with Crippen LogP contribution in [0.4, 0.5) is 0 Å². The van der Waals surface area contributed by atoms with Gasteiger partial charge >= 0.3 is 0 Å². The van der Waals surface area contributed by atoms with Crippen molar-refractivity contribution >= 4 is 11.9 Å². The number of piperidine rings is 1. The van der Waals surface area contributed by atoms with Crippen LogP contribution in [-0.2, 0) is 5.75 Å². The minimum Gasteiger partial charge on any atom is -0.317 e. The molecule has 0 radical (unpaired) electrons. The normalized spacial score (nSPS) is 17.3. The van der Waals surface area contributed by atoms with Gasteiger partial charge in [-0.05, 0) is 56.9 Å². The molecular formula is C14H22N2S. The minimum atomic E-state index is 0.754. The maximum absolute atomic E-state index is 3.44. The molecule has 1 aromatic rings. The highest BCUT2D eigenvalue weighted by Crippen LogP contribution is 2.30. The Labute approximate surface area is 109 Å². The molecule has 0 aromatic heterocycles. The number of rotatable bonds is 4. The van der Waals surface area contributed by atoms with E-state index in [1.54, 1.807) is 17.5 Å². The molecule has 0 aliphatic carbocycles. The van der Waals surface area contributed by atoms with Crippen LogP contribution in [0, 0.1) is 6.92 Å². The van der Waals surface area contributed by atoms with Gasteiger partial charge in [-0.15, -0.1) is 0 Å². The molecule has 17 heavy (non-hydrogen) atoms. The molecule has 94 valence electrons. The van der Waals surface area contributed by atoms with E-state index in [2.05, 4.69) is 35.2 Å². The second-order valence-electron chi connectivity index (χ2n) is 4.72. The zero-order chi connectivity index (χ0) is 12.1. The quantitative estimate of drug-likeness (QED) is 0.804. The predicted molar refractivity (Wildman–Crippen MR) is 76.4 cm³/mol. The number of aryl methyl sites for hydroxylation is 1. The van der Waals surface area contributed by atoms with Gasteiger partial charge in [-0.2, -0.15) is 0 Å².